The molecule has 0 radical (unpaired) electrons. The second-order valence-corrected chi connectivity index (χ2v) is 6.20. The lowest BCUT2D eigenvalue weighted by Gasteiger charge is -2.12. The number of hydrogen-bond acceptors (Lipinski definition) is 5. The van der Waals surface area contributed by atoms with Crippen molar-refractivity contribution in [1.82, 2.24) is 0 Å². The zero-order chi connectivity index (χ0) is 19.6. The largest absolute Gasteiger partial charge is 0.507 e. The van der Waals surface area contributed by atoms with Crippen LogP contribution in [-0.4, -0.2) is 21.3 Å². The third-order valence-electron chi connectivity index (χ3n) is 4.32. The van der Waals surface area contributed by atoms with Crippen molar-refractivity contribution in [1.29, 1.82) is 0 Å². The highest BCUT2D eigenvalue weighted by molar-refractivity contribution is 5.95. The summed E-state index contributed by atoms with van der Waals surface area (Å²) in [6, 6.07) is 15.7. The summed E-state index contributed by atoms with van der Waals surface area (Å²) in [5.41, 5.74) is 2.22. The van der Waals surface area contributed by atoms with Crippen molar-refractivity contribution < 1.29 is 24.7 Å². The van der Waals surface area contributed by atoms with Crippen LogP contribution in [0, 0.1) is 5.82 Å². The Bertz CT molecular complexity index is 984. The molecule has 5 nitrogen and oxygen atoms in total. The monoisotopic (exact) mass is 367 g/mol. The summed E-state index contributed by atoms with van der Waals surface area (Å²) in [4.78, 5) is 11.6. The molecule has 0 bridgehead atoms. The molecule has 0 aromatic heterocycles. The maximum Gasteiger partial charge on any atom is 0.159 e. The summed E-state index contributed by atoms with van der Waals surface area (Å²) in [6.45, 7) is 1.43. The molecule has 0 saturated carbocycles. The minimum atomic E-state index is -0.564. The minimum Gasteiger partial charge on any atom is -0.507 e. The van der Waals surface area contributed by atoms with Crippen LogP contribution < -0.4 is 5.23 Å². The molecule has 27 heavy (non-hydrogen) atoms. The van der Waals surface area contributed by atoms with Gasteiger partial charge >= 0.3 is 0 Å². The van der Waals surface area contributed by atoms with Gasteiger partial charge in [-0.15, -0.1) is 5.23 Å². The third-order valence-corrected chi connectivity index (χ3v) is 4.32. The maximum absolute atomic E-state index is 15.1. The molecule has 0 aliphatic carbocycles. The van der Waals surface area contributed by atoms with Gasteiger partial charge in [0.25, 0.3) is 0 Å². The number of Topliss-reactive ketones (excluding diaryl/α,β-unsaturated/α-hetero) is 1. The van der Waals surface area contributed by atoms with Gasteiger partial charge < -0.3 is 5.11 Å². The van der Waals surface area contributed by atoms with Crippen LogP contribution in [0.3, 0.4) is 0 Å². The second-order valence-electron chi connectivity index (χ2n) is 6.20. The molecule has 0 amide bonds. The number of benzene rings is 3. The van der Waals surface area contributed by atoms with Crippen LogP contribution >= 0.6 is 0 Å². The van der Waals surface area contributed by atoms with Gasteiger partial charge in [-0.1, -0.05) is 36.4 Å². The quantitative estimate of drug-likeness (QED) is 0.454. The van der Waals surface area contributed by atoms with Crippen LogP contribution in [0.25, 0.3) is 11.1 Å². The number of halogens is 1. The van der Waals surface area contributed by atoms with E-state index in [0.29, 0.717) is 16.7 Å². The smallest absolute Gasteiger partial charge is 0.159 e. The molecule has 0 heterocycles. The normalized spacial score (nSPS) is 10.7. The number of phenolic OH excluding ortho intramolecular Hbond substituents is 1. The molecule has 3 N–H and O–H groups in total. The van der Waals surface area contributed by atoms with Crippen LogP contribution in [0.2, 0.25) is 0 Å². The highest BCUT2D eigenvalue weighted by Gasteiger charge is 2.16. The summed E-state index contributed by atoms with van der Waals surface area (Å²) < 4.78 is 15.1. The molecule has 0 spiro atoms. The fourth-order valence-corrected chi connectivity index (χ4v) is 2.88. The highest BCUT2D eigenvalue weighted by Crippen LogP contribution is 2.35. The molecule has 0 aliphatic heterocycles. The molecule has 3 aromatic carbocycles. The predicted molar refractivity (Wildman–Crippen MR) is 98.8 cm³/mol. The first-order chi connectivity index (χ1) is 12.9. The average Bonchev–Trinajstić information content (AvgIpc) is 2.65. The Morgan fingerprint density at radius 3 is 2.37 bits per heavy atom. The van der Waals surface area contributed by atoms with Gasteiger partial charge in [-0.2, -0.15) is 0 Å². The van der Waals surface area contributed by atoms with Crippen molar-refractivity contribution in [3.8, 4) is 16.9 Å². The van der Waals surface area contributed by atoms with E-state index in [1.165, 1.54) is 31.2 Å². The fourth-order valence-electron chi connectivity index (χ4n) is 2.88. The van der Waals surface area contributed by atoms with Gasteiger partial charge in [0.1, 0.15) is 11.6 Å². The van der Waals surface area contributed by atoms with E-state index in [0.717, 1.165) is 5.56 Å². The molecule has 3 aromatic rings. The number of rotatable bonds is 5. The highest BCUT2D eigenvalue weighted by atomic mass is 19.1. The van der Waals surface area contributed by atoms with Crippen LogP contribution in [0.1, 0.15) is 28.4 Å². The summed E-state index contributed by atoms with van der Waals surface area (Å²) >= 11 is 0. The van der Waals surface area contributed by atoms with Gasteiger partial charge in [-0.25, -0.2) is 4.39 Å². The topological polar surface area (TPSA) is 81.0 Å². The molecule has 0 saturated heterocycles. The summed E-state index contributed by atoms with van der Waals surface area (Å²) in [5.74, 6) is -0.913. The molecular formula is C21H18FNO4. The van der Waals surface area contributed by atoms with E-state index in [1.807, 2.05) is 0 Å². The number of anilines is 1. The van der Waals surface area contributed by atoms with Crippen LogP contribution in [0.4, 0.5) is 10.1 Å². The van der Waals surface area contributed by atoms with E-state index in [2.05, 4.69) is 0 Å². The van der Waals surface area contributed by atoms with Crippen molar-refractivity contribution in [2.45, 2.75) is 13.3 Å². The Labute approximate surface area is 155 Å². The number of carbonyl (C=O) groups is 1. The first kappa shape index (κ1) is 18.6. The Morgan fingerprint density at radius 1 is 1.04 bits per heavy atom. The van der Waals surface area contributed by atoms with Crippen molar-refractivity contribution in [2.24, 2.45) is 0 Å². The number of aromatic hydroxyl groups is 1. The molecule has 138 valence electrons. The van der Waals surface area contributed by atoms with E-state index in [1.54, 1.807) is 36.4 Å². The molecular weight excluding hydrogens is 349 g/mol. The Kier molecular flexibility index (Phi) is 5.21. The lowest BCUT2D eigenvalue weighted by atomic mass is 9.95. The van der Waals surface area contributed by atoms with Crippen molar-refractivity contribution in [3.05, 3.63) is 83.2 Å². The lowest BCUT2D eigenvalue weighted by molar-refractivity contribution is 0.0291. The first-order valence-corrected chi connectivity index (χ1v) is 8.25. The SMILES string of the molecule is CC(=O)c1cccc(-c2c(O)ccc(Cc3ccc(N(O)O)cc3)c2F)c1. The van der Waals surface area contributed by atoms with Gasteiger partial charge in [-0.3, -0.25) is 15.2 Å². The molecule has 3 rings (SSSR count). The fraction of sp³-hybridized carbons (Fsp3) is 0.0952. The predicted octanol–water partition coefficient (Wildman–Crippen LogP) is 4.58. The zero-order valence-corrected chi connectivity index (χ0v) is 14.6. The number of phenols is 1. The Hall–Kier alpha value is -3.22. The summed E-state index contributed by atoms with van der Waals surface area (Å²) in [6.07, 6.45) is 0.253. The van der Waals surface area contributed by atoms with Crippen molar-refractivity contribution in [2.75, 3.05) is 5.23 Å². The van der Waals surface area contributed by atoms with Crippen molar-refractivity contribution in [3.63, 3.8) is 0 Å². The van der Waals surface area contributed by atoms with Gasteiger partial charge in [0, 0.05) is 12.0 Å². The average molecular weight is 367 g/mol. The Balaban J connectivity index is 1.98. The van der Waals surface area contributed by atoms with E-state index in [-0.39, 0.29) is 34.4 Å². The molecule has 0 unspecified atom stereocenters. The van der Waals surface area contributed by atoms with Gasteiger partial charge in [0.2, 0.25) is 0 Å². The molecule has 0 aliphatic rings. The van der Waals surface area contributed by atoms with Crippen LogP contribution in [0.15, 0.2) is 60.7 Å². The summed E-state index contributed by atoms with van der Waals surface area (Å²) in [7, 11) is 0. The van der Waals surface area contributed by atoms with E-state index in [9.17, 15) is 9.90 Å². The third kappa shape index (κ3) is 3.97. The Morgan fingerprint density at radius 2 is 1.74 bits per heavy atom. The van der Waals surface area contributed by atoms with E-state index >= 15 is 4.39 Å². The molecule has 0 fully saturated rings. The lowest BCUT2D eigenvalue weighted by Crippen LogP contribution is -2.10. The van der Waals surface area contributed by atoms with Crippen LogP contribution in [0.5, 0.6) is 5.75 Å². The van der Waals surface area contributed by atoms with Gasteiger partial charge in [0.05, 0.1) is 11.3 Å². The van der Waals surface area contributed by atoms with Crippen molar-refractivity contribution >= 4 is 11.5 Å². The number of carbonyl (C=O) groups excluding carboxylic acids is 1. The van der Waals surface area contributed by atoms with Gasteiger partial charge in [0.15, 0.2) is 5.78 Å². The van der Waals surface area contributed by atoms with Crippen LogP contribution in [-0.2, 0) is 6.42 Å². The first-order valence-electron chi connectivity index (χ1n) is 8.25. The standard InChI is InChI=1S/C21H18FNO4/c1-13(24)15-3-2-4-16(12-15)20-19(25)10-7-17(21(20)22)11-14-5-8-18(9-6-14)23(26)27/h2-10,12,25-27H,11H2,1H3. The van der Waals surface area contributed by atoms with E-state index in [4.69, 9.17) is 10.4 Å². The summed E-state index contributed by atoms with van der Waals surface area (Å²) in [5, 5.41) is 28.1. The number of nitrogens with zero attached hydrogens (tertiary/aromatic N) is 1. The minimum absolute atomic E-state index is 0.00499. The zero-order valence-electron chi connectivity index (χ0n) is 14.6. The number of hydrogen-bond donors (Lipinski definition) is 3. The van der Waals surface area contributed by atoms with E-state index < -0.39 is 5.82 Å². The molecule has 6 heteroatoms. The number of ketones is 1. The maximum atomic E-state index is 15.1. The van der Waals surface area contributed by atoms with Gasteiger partial charge in [-0.05, 0) is 47.9 Å². The molecule has 0 atom stereocenters. The second kappa shape index (κ2) is 7.57.